The quantitative estimate of drug-likeness (QED) is 0.583. The monoisotopic (exact) mass is 362 g/mol. The average Bonchev–Trinajstić information content (AvgIpc) is 2.88. The van der Waals surface area contributed by atoms with Crippen LogP contribution >= 0.6 is 12.2 Å². The van der Waals surface area contributed by atoms with Crippen LogP contribution in [0.15, 0.2) is 33.9 Å². The third kappa shape index (κ3) is 3.42. The highest BCUT2D eigenvalue weighted by atomic mass is 32.1. The summed E-state index contributed by atoms with van der Waals surface area (Å²) in [7, 11) is 1.52. The van der Waals surface area contributed by atoms with Gasteiger partial charge in [0.1, 0.15) is 24.1 Å². The van der Waals surface area contributed by atoms with E-state index < -0.39 is 17.4 Å². The van der Waals surface area contributed by atoms with Crippen molar-refractivity contribution in [3.8, 4) is 5.75 Å². The number of aromatic nitrogens is 4. The van der Waals surface area contributed by atoms with Crippen LogP contribution in [0.4, 0.5) is 0 Å². The van der Waals surface area contributed by atoms with Crippen molar-refractivity contribution in [1.29, 1.82) is 0 Å². The van der Waals surface area contributed by atoms with Crippen LogP contribution in [0.5, 0.6) is 5.75 Å². The van der Waals surface area contributed by atoms with E-state index in [-0.39, 0.29) is 23.4 Å². The van der Waals surface area contributed by atoms with Crippen LogP contribution in [0.2, 0.25) is 0 Å². The lowest BCUT2D eigenvalue weighted by Gasteiger charge is -2.13. The fourth-order valence-corrected chi connectivity index (χ4v) is 2.87. The van der Waals surface area contributed by atoms with E-state index in [0.29, 0.717) is 11.4 Å². The maximum absolute atomic E-state index is 12.1. The lowest BCUT2D eigenvalue weighted by Crippen LogP contribution is -2.30. The Morgan fingerprint density at radius 1 is 1.32 bits per heavy atom. The number of imidazole rings is 1. The lowest BCUT2D eigenvalue weighted by molar-refractivity contribution is 0.0930. The highest BCUT2D eigenvalue weighted by Crippen LogP contribution is 2.13. The highest BCUT2D eigenvalue weighted by Gasteiger charge is 2.16. The number of fused-ring (bicyclic) bond motifs is 1. The topological polar surface area (TPSA) is 105 Å². The number of H-pyrrole nitrogens is 2. The Morgan fingerprint density at radius 2 is 2.08 bits per heavy atom. The Balaban J connectivity index is 1.84. The van der Waals surface area contributed by atoms with Gasteiger partial charge in [-0.15, -0.1) is 0 Å². The molecular weight excluding hydrogens is 344 g/mol. The summed E-state index contributed by atoms with van der Waals surface area (Å²) in [5, 5.41) is 10.3. The van der Waals surface area contributed by atoms with Crippen molar-refractivity contribution in [2.75, 3.05) is 6.61 Å². The van der Waals surface area contributed by atoms with E-state index in [9.17, 15) is 14.7 Å². The van der Waals surface area contributed by atoms with Gasteiger partial charge < -0.3 is 19.4 Å². The van der Waals surface area contributed by atoms with Crippen LogP contribution in [0, 0.1) is 11.7 Å². The van der Waals surface area contributed by atoms with Crippen molar-refractivity contribution in [2.24, 2.45) is 7.05 Å². The van der Waals surface area contributed by atoms with Gasteiger partial charge in [0.05, 0.1) is 6.54 Å². The number of aliphatic hydroxyl groups excluding tert-OH is 1. The minimum Gasteiger partial charge on any atom is -0.491 e. The van der Waals surface area contributed by atoms with Gasteiger partial charge in [0.25, 0.3) is 5.56 Å². The summed E-state index contributed by atoms with van der Waals surface area (Å²) in [4.78, 5) is 28.8. The minimum absolute atomic E-state index is 0.0432. The summed E-state index contributed by atoms with van der Waals surface area (Å²) < 4.78 is 8.55. The Bertz CT molecular complexity index is 1090. The molecule has 0 saturated carbocycles. The van der Waals surface area contributed by atoms with Crippen molar-refractivity contribution < 1.29 is 9.84 Å². The summed E-state index contributed by atoms with van der Waals surface area (Å²) in [6.45, 7) is 2.05. The number of benzene rings is 1. The molecule has 0 amide bonds. The Kier molecular flexibility index (Phi) is 4.60. The summed E-state index contributed by atoms with van der Waals surface area (Å²) in [6.07, 6.45) is -0.886. The summed E-state index contributed by atoms with van der Waals surface area (Å²) in [5.41, 5.74) is 0.479. The molecule has 3 rings (SSSR count). The van der Waals surface area contributed by atoms with E-state index in [1.807, 2.05) is 25.1 Å². The zero-order valence-corrected chi connectivity index (χ0v) is 14.6. The molecule has 8 nitrogen and oxygen atoms in total. The van der Waals surface area contributed by atoms with E-state index in [1.54, 1.807) is 6.07 Å². The molecule has 1 unspecified atom stereocenters. The summed E-state index contributed by atoms with van der Waals surface area (Å²) in [5.74, 6) is 0.654. The summed E-state index contributed by atoms with van der Waals surface area (Å²) >= 11 is 5.22. The van der Waals surface area contributed by atoms with E-state index in [0.717, 1.165) is 5.56 Å². The molecular formula is C16H18N4O4S. The molecule has 9 heteroatoms. The van der Waals surface area contributed by atoms with Crippen molar-refractivity contribution in [1.82, 2.24) is 19.1 Å². The van der Waals surface area contributed by atoms with E-state index in [2.05, 4.69) is 9.97 Å². The highest BCUT2D eigenvalue weighted by molar-refractivity contribution is 7.71. The van der Waals surface area contributed by atoms with Gasteiger partial charge in [-0.05, 0) is 36.8 Å². The Hall–Kier alpha value is -2.65. The Labute approximate surface area is 147 Å². The van der Waals surface area contributed by atoms with E-state index in [4.69, 9.17) is 17.0 Å². The third-order valence-corrected chi connectivity index (χ3v) is 4.19. The van der Waals surface area contributed by atoms with Gasteiger partial charge in [-0.3, -0.25) is 14.3 Å². The van der Waals surface area contributed by atoms with Gasteiger partial charge >= 0.3 is 5.69 Å². The maximum atomic E-state index is 12.1. The molecule has 0 aliphatic carbocycles. The minimum atomic E-state index is -0.886. The molecule has 0 aliphatic heterocycles. The molecule has 1 aromatic carbocycles. The molecule has 0 spiro atoms. The molecule has 0 fully saturated rings. The predicted octanol–water partition coefficient (Wildman–Crippen LogP) is 0.834. The molecule has 1 atom stereocenters. The van der Waals surface area contributed by atoms with Gasteiger partial charge in [0.2, 0.25) is 0 Å². The van der Waals surface area contributed by atoms with Gasteiger partial charge in [-0.1, -0.05) is 12.1 Å². The van der Waals surface area contributed by atoms with Crippen molar-refractivity contribution >= 4 is 23.4 Å². The summed E-state index contributed by atoms with van der Waals surface area (Å²) in [6, 6.07) is 7.49. The second-order valence-electron chi connectivity index (χ2n) is 5.84. The van der Waals surface area contributed by atoms with Gasteiger partial charge in [-0.25, -0.2) is 4.79 Å². The molecule has 3 N–H and O–H groups in total. The first-order valence-electron chi connectivity index (χ1n) is 7.66. The zero-order chi connectivity index (χ0) is 18.1. The first kappa shape index (κ1) is 17.2. The lowest BCUT2D eigenvalue weighted by atomic mass is 10.2. The van der Waals surface area contributed by atoms with Crippen LogP contribution in [-0.4, -0.2) is 36.9 Å². The fraction of sp³-hybridized carbons (Fsp3) is 0.312. The van der Waals surface area contributed by atoms with Crippen molar-refractivity contribution in [3.05, 3.63) is 55.4 Å². The molecule has 0 aliphatic rings. The average molecular weight is 362 g/mol. The number of aromatic amines is 2. The SMILES string of the molecule is Cc1cccc(OCC(O)Cn2c(=S)[nH]c3c2c(=O)[nH]c(=O)n3C)c1. The van der Waals surface area contributed by atoms with E-state index in [1.165, 1.54) is 16.2 Å². The van der Waals surface area contributed by atoms with Gasteiger partial charge in [0, 0.05) is 7.05 Å². The molecule has 2 heterocycles. The molecule has 132 valence electrons. The predicted molar refractivity (Wildman–Crippen MR) is 95.7 cm³/mol. The largest absolute Gasteiger partial charge is 0.491 e. The first-order valence-corrected chi connectivity index (χ1v) is 8.07. The normalized spacial score (nSPS) is 12.4. The number of hydrogen-bond acceptors (Lipinski definition) is 5. The molecule has 0 bridgehead atoms. The van der Waals surface area contributed by atoms with Crippen LogP contribution in [0.3, 0.4) is 0 Å². The number of rotatable bonds is 5. The molecule has 25 heavy (non-hydrogen) atoms. The molecule has 2 aromatic heterocycles. The second-order valence-corrected chi connectivity index (χ2v) is 6.22. The smallest absolute Gasteiger partial charge is 0.329 e. The van der Waals surface area contributed by atoms with Crippen molar-refractivity contribution in [2.45, 2.75) is 19.6 Å². The first-order chi connectivity index (χ1) is 11.9. The molecule has 0 radical (unpaired) electrons. The Morgan fingerprint density at radius 3 is 2.80 bits per heavy atom. The number of hydrogen-bond donors (Lipinski definition) is 3. The third-order valence-electron chi connectivity index (χ3n) is 3.87. The fourth-order valence-electron chi connectivity index (χ4n) is 2.61. The number of nitrogens with zero attached hydrogens (tertiary/aromatic N) is 2. The number of aliphatic hydroxyl groups is 1. The van der Waals surface area contributed by atoms with Crippen LogP contribution in [0.1, 0.15) is 5.56 Å². The van der Waals surface area contributed by atoms with Crippen LogP contribution < -0.4 is 16.0 Å². The number of aryl methyl sites for hydroxylation is 2. The molecule has 3 aromatic rings. The van der Waals surface area contributed by atoms with Crippen LogP contribution in [0.25, 0.3) is 11.2 Å². The maximum Gasteiger partial charge on any atom is 0.329 e. The van der Waals surface area contributed by atoms with Crippen molar-refractivity contribution in [3.63, 3.8) is 0 Å². The zero-order valence-electron chi connectivity index (χ0n) is 13.8. The van der Waals surface area contributed by atoms with Gasteiger partial charge in [-0.2, -0.15) is 0 Å². The van der Waals surface area contributed by atoms with Crippen LogP contribution in [-0.2, 0) is 13.6 Å². The number of nitrogens with one attached hydrogen (secondary N) is 2. The van der Waals surface area contributed by atoms with Gasteiger partial charge in [0.15, 0.2) is 10.3 Å². The second kappa shape index (κ2) is 6.69. The standard InChI is InChI=1S/C16H18N4O4S/c1-9-4-3-5-11(6-9)24-8-10(21)7-20-12-13(17-16(20)25)19(2)15(23)18-14(12)22/h3-6,10,21H,7-8H2,1-2H3,(H,17,25)(H,18,22,23). The van der Waals surface area contributed by atoms with E-state index >= 15 is 0 Å². The molecule has 0 saturated heterocycles. The number of ether oxygens (including phenoxy) is 1.